The van der Waals surface area contributed by atoms with Gasteiger partial charge in [-0.3, -0.25) is 14.9 Å². The second-order valence-corrected chi connectivity index (χ2v) is 6.05. The standard InChI is InChI=1S/C13H12N4O5S/c14-16(11-3-1-2-4-12(11)17(19)20)13(18)9-5-7-10(8-6-9)23(15,21)22/h1-8H,14H2,(H2,15,21,22). The van der Waals surface area contributed by atoms with E-state index in [0.29, 0.717) is 5.01 Å². The number of hydrogen-bond acceptors (Lipinski definition) is 6. The number of para-hydroxylation sites is 2. The van der Waals surface area contributed by atoms with Crippen molar-refractivity contribution in [2.24, 2.45) is 11.0 Å². The molecule has 0 saturated carbocycles. The largest absolute Gasteiger partial charge is 0.294 e. The van der Waals surface area contributed by atoms with Crippen LogP contribution in [0, 0.1) is 10.1 Å². The van der Waals surface area contributed by atoms with Crippen molar-refractivity contribution in [2.75, 3.05) is 5.01 Å². The number of anilines is 1. The van der Waals surface area contributed by atoms with E-state index < -0.39 is 20.9 Å². The number of hydrogen-bond donors (Lipinski definition) is 2. The van der Waals surface area contributed by atoms with Crippen LogP contribution in [0.25, 0.3) is 0 Å². The van der Waals surface area contributed by atoms with Gasteiger partial charge in [-0.1, -0.05) is 12.1 Å². The van der Waals surface area contributed by atoms with Gasteiger partial charge in [0, 0.05) is 11.6 Å². The number of amides is 1. The van der Waals surface area contributed by atoms with Gasteiger partial charge in [0.2, 0.25) is 10.0 Å². The number of rotatable bonds is 4. The van der Waals surface area contributed by atoms with Crippen LogP contribution in [0.1, 0.15) is 10.4 Å². The van der Waals surface area contributed by atoms with Crippen LogP contribution in [-0.2, 0) is 10.0 Å². The number of nitro groups is 1. The summed E-state index contributed by atoms with van der Waals surface area (Å²) in [5.41, 5.74) is -0.361. The molecule has 0 spiro atoms. The summed E-state index contributed by atoms with van der Waals surface area (Å²) in [5.74, 6) is 4.93. The molecule has 4 N–H and O–H groups in total. The van der Waals surface area contributed by atoms with Crippen molar-refractivity contribution in [3.8, 4) is 0 Å². The molecule has 0 atom stereocenters. The summed E-state index contributed by atoms with van der Waals surface area (Å²) in [7, 11) is -3.88. The number of carbonyl (C=O) groups excluding carboxylic acids is 1. The Balaban J connectivity index is 2.36. The Morgan fingerprint density at radius 2 is 1.65 bits per heavy atom. The number of carbonyl (C=O) groups is 1. The molecule has 23 heavy (non-hydrogen) atoms. The van der Waals surface area contributed by atoms with E-state index in [9.17, 15) is 23.3 Å². The van der Waals surface area contributed by atoms with E-state index in [2.05, 4.69) is 0 Å². The summed E-state index contributed by atoms with van der Waals surface area (Å²) in [4.78, 5) is 22.4. The molecule has 0 aromatic heterocycles. The van der Waals surface area contributed by atoms with Crippen molar-refractivity contribution in [3.63, 3.8) is 0 Å². The monoisotopic (exact) mass is 336 g/mol. The fourth-order valence-corrected chi connectivity index (χ4v) is 2.37. The van der Waals surface area contributed by atoms with Gasteiger partial charge in [-0.15, -0.1) is 0 Å². The molecular weight excluding hydrogens is 324 g/mol. The predicted molar refractivity (Wildman–Crippen MR) is 81.9 cm³/mol. The Morgan fingerprint density at radius 3 is 2.17 bits per heavy atom. The molecule has 2 aromatic rings. The molecule has 0 unspecified atom stereocenters. The van der Waals surface area contributed by atoms with E-state index in [4.69, 9.17) is 11.0 Å². The summed E-state index contributed by atoms with van der Waals surface area (Å²) in [5, 5.41) is 16.6. The lowest BCUT2D eigenvalue weighted by atomic mass is 10.2. The number of hydrazine groups is 1. The molecule has 0 fully saturated rings. The predicted octanol–water partition coefficient (Wildman–Crippen LogP) is 0.763. The van der Waals surface area contributed by atoms with E-state index in [1.165, 1.54) is 36.4 Å². The zero-order valence-electron chi connectivity index (χ0n) is 11.6. The molecule has 10 heteroatoms. The molecular formula is C13H12N4O5S. The van der Waals surface area contributed by atoms with E-state index in [0.717, 1.165) is 12.1 Å². The highest BCUT2D eigenvalue weighted by atomic mass is 32.2. The van der Waals surface area contributed by atoms with Gasteiger partial charge in [0.15, 0.2) is 0 Å². The highest BCUT2D eigenvalue weighted by Gasteiger charge is 2.22. The molecule has 0 saturated heterocycles. The Morgan fingerprint density at radius 1 is 1.09 bits per heavy atom. The molecule has 1 amide bonds. The first kappa shape index (κ1) is 16.5. The average molecular weight is 336 g/mol. The third-order valence-corrected chi connectivity index (χ3v) is 3.92. The zero-order valence-corrected chi connectivity index (χ0v) is 12.4. The van der Waals surface area contributed by atoms with Crippen LogP contribution in [0.2, 0.25) is 0 Å². The highest BCUT2D eigenvalue weighted by Crippen LogP contribution is 2.26. The summed E-state index contributed by atoms with van der Waals surface area (Å²) in [6.45, 7) is 0. The summed E-state index contributed by atoms with van der Waals surface area (Å²) < 4.78 is 22.3. The van der Waals surface area contributed by atoms with Crippen LogP contribution in [0.15, 0.2) is 53.4 Å². The van der Waals surface area contributed by atoms with E-state index >= 15 is 0 Å². The quantitative estimate of drug-likeness (QED) is 0.364. The van der Waals surface area contributed by atoms with Crippen molar-refractivity contribution in [1.82, 2.24) is 0 Å². The topological polar surface area (TPSA) is 150 Å². The van der Waals surface area contributed by atoms with Crippen LogP contribution in [-0.4, -0.2) is 19.2 Å². The molecule has 0 radical (unpaired) electrons. The molecule has 0 heterocycles. The number of nitrogens with zero attached hydrogens (tertiary/aromatic N) is 2. The Hall–Kier alpha value is -2.82. The summed E-state index contributed by atoms with van der Waals surface area (Å²) in [6, 6.07) is 10.2. The molecule has 0 aliphatic rings. The summed E-state index contributed by atoms with van der Waals surface area (Å²) >= 11 is 0. The van der Waals surface area contributed by atoms with Gasteiger partial charge in [0.25, 0.3) is 11.6 Å². The van der Waals surface area contributed by atoms with Crippen LogP contribution >= 0.6 is 0 Å². The molecule has 2 rings (SSSR count). The van der Waals surface area contributed by atoms with Gasteiger partial charge in [0.05, 0.1) is 9.82 Å². The van der Waals surface area contributed by atoms with Crippen molar-refractivity contribution in [1.29, 1.82) is 0 Å². The first-order chi connectivity index (χ1) is 10.7. The molecule has 9 nitrogen and oxygen atoms in total. The van der Waals surface area contributed by atoms with Gasteiger partial charge in [0.1, 0.15) is 5.69 Å². The number of nitro benzene ring substituents is 1. The lowest BCUT2D eigenvalue weighted by Gasteiger charge is -2.16. The lowest BCUT2D eigenvalue weighted by Crippen LogP contribution is -2.37. The fourth-order valence-electron chi connectivity index (χ4n) is 1.86. The van der Waals surface area contributed by atoms with Crippen LogP contribution in [0.5, 0.6) is 0 Å². The average Bonchev–Trinajstić information content (AvgIpc) is 2.52. The van der Waals surface area contributed by atoms with Crippen molar-refractivity contribution >= 4 is 27.3 Å². The minimum atomic E-state index is -3.88. The molecule has 120 valence electrons. The van der Waals surface area contributed by atoms with Crippen molar-refractivity contribution < 1.29 is 18.1 Å². The fraction of sp³-hybridized carbons (Fsp3) is 0. The first-order valence-corrected chi connectivity index (χ1v) is 7.72. The number of benzene rings is 2. The zero-order chi connectivity index (χ0) is 17.2. The van der Waals surface area contributed by atoms with Crippen molar-refractivity contribution in [2.45, 2.75) is 4.90 Å². The van der Waals surface area contributed by atoms with Crippen molar-refractivity contribution in [3.05, 3.63) is 64.2 Å². The third-order valence-electron chi connectivity index (χ3n) is 2.99. The van der Waals surface area contributed by atoms with Gasteiger partial charge in [-0.2, -0.15) is 0 Å². The van der Waals surface area contributed by atoms with E-state index in [-0.39, 0.29) is 21.8 Å². The minimum Gasteiger partial charge on any atom is -0.267 e. The lowest BCUT2D eigenvalue weighted by molar-refractivity contribution is -0.384. The summed E-state index contributed by atoms with van der Waals surface area (Å²) in [6.07, 6.45) is 0. The van der Waals surface area contributed by atoms with Gasteiger partial charge in [-0.25, -0.2) is 24.4 Å². The molecule has 0 bridgehead atoms. The maximum atomic E-state index is 12.3. The van der Waals surface area contributed by atoms with Crippen LogP contribution in [0.3, 0.4) is 0 Å². The van der Waals surface area contributed by atoms with Gasteiger partial charge < -0.3 is 0 Å². The Bertz CT molecular complexity index is 864. The molecule has 0 aliphatic carbocycles. The SMILES string of the molecule is NN(C(=O)c1ccc(S(N)(=O)=O)cc1)c1ccccc1[N+](=O)[O-]. The first-order valence-electron chi connectivity index (χ1n) is 6.17. The smallest absolute Gasteiger partial charge is 0.267 e. The number of primary sulfonamides is 1. The van der Waals surface area contributed by atoms with E-state index in [1.54, 1.807) is 0 Å². The van der Waals surface area contributed by atoms with Crippen LogP contribution < -0.4 is 16.0 Å². The van der Waals surface area contributed by atoms with Crippen LogP contribution in [0.4, 0.5) is 11.4 Å². The Labute approximate surface area is 131 Å². The Kier molecular flexibility index (Phi) is 4.40. The molecule has 2 aromatic carbocycles. The van der Waals surface area contributed by atoms with Gasteiger partial charge in [-0.05, 0) is 30.3 Å². The highest BCUT2D eigenvalue weighted by molar-refractivity contribution is 7.89. The van der Waals surface area contributed by atoms with Gasteiger partial charge >= 0.3 is 0 Å². The number of sulfonamides is 1. The van der Waals surface area contributed by atoms with E-state index in [1.807, 2.05) is 0 Å². The minimum absolute atomic E-state index is 0.0538. The molecule has 0 aliphatic heterocycles. The maximum absolute atomic E-state index is 12.3. The second-order valence-electron chi connectivity index (χ2n) is 4.49. The second kappa shape index (κ2) is 6.12. The third kappa shape index (κ3) is 3.51. The number of nitrogens with two attached hydrogens (primary N) is 2. The normalized spacial score (nSPS) is 11.0. The maximum Gasteiger partial charge on any atom is 0.294 e.